The Morgan fingerprint density at radius 1 is 1.10 bits per heavy atom. The van der Waals surface area contributed by atoms with Crippen molar-refractivity contribution in [2.24, 2.45) is 0 Å². The molecule has 4 rings (SSSR count). The number of nitro benzene ring substituents is 1. The first-order chi connectivity index (χ1) is 14.0. The Morgan fingerprint density at radius 3 is 2.66 bits per heavy atom. The van der Waals surface area contributed by atoms with Crippen LogP contribution >= 0.6 is 0 Å². The van der Waals surface area contributed by atoms with Crippen LogP contribution in [0, 0.1) is 10.1 Å². The van der Waals surface area contributed by atoms with Gasteiger partial charge < -0.3 is 0 Å². The summed E-state index contributed by atoms with van der Waals surface area (Å²) < 4.78 is 2.22. The molecule has 0 N–H and O–H groups in total. The highest BCUT2D eigenvalue weighted by Crippen LogP contribution is 2.46. The average molecular weight is 383 g/mol. The molecule has 1 atom stereocenters. The molecule has 0 radical (unpaired) electrons. The molecular weight excluding hydrogens is 360 g/mol. The van der Waals surface area contributed by atoms with Crippen molar-refractivity contribution in [3.05, 3.63) is 101 Å². The molecule has 3 aromatic rings. The van der Waals surface area contributed by atoms with E-state index in [4.69, 9.17) is 0 Å². The van der Waals surface area contributed by atoms with E-state index >= 15 is 0 Å². The first-order valence-corrected chi connectivity index (χ1v) is 9.62. The fraction of sp³-hybridized carbons (Fsp3) is 0.160. The van der Waals surface area contributed by atoms with Crippen molar-refractivity contribution in [2.75, 3.05) is 7.05 Å². The second-order valence-corrected chi connectivity index (χ2v) is 7.64. The quantitative estimate of drug-likeness (QED) is 0.234. The smallest absolute Gasteiger partial charge is 0.258 e. The largest absolute Gasteiger partial charge is 0.270 e. The Kier molecular flexibility index (Phi) is 4.63. The molecule has 1 aliphatic heterocycles. The van der Waals surface area contributed by atoms with E-state index in [0.29, 0.717) is 0 Å². The van der Waals surface area contributed by atoms with Gasteiger partial charge in [0, 0.05) is 29.8 Å². The van der Waals surface area contributed by atoms with Crippen LogP contribution in [0.15, 0.2) is 79.4 Å². The van der Waals surface area contributed by atoms with Gasteiger partial charge in [-0.15, -0.1) is 6.58 Å². The maximum Gasteiger partial charge on any atom is 0.270 e. The Balaban J connectivity index is 1.85. The first-order valence-electron chi connectivity index (χ1n) is 9.62. The van der Waals surface area contributed by atoms with Gasteiger partial charge in [-0.05, 0) is 41.8 Å². The van der Waals surface area contributed by atoms with E-state index in [1.807, 2.05) is 18.2 Å². The van der Waals surface area contributed by atoms with E-state index in [0.717, 1.165) is 17.7 Å². The molecule has 0 bridgehead atoms. The predicted molar refractivity (Wildman–Crippen MR) is 119 cm³/mol. The number of nitro groups is 1. The fourth-order valence-electron chi connectivity index (χ4n) is 4.46. The summed E-state index contributed by atoms with van der Waals surface area (Å²) in [5.41, 5.74) is 4.31. The van der Waals surface area contributed by atoms with Crippen LogP contribution in [0.5, 0.6) is 0 Å². The van der Waals surface area contributed by atoms with Crippen LogP contribution in [-0.2, 0) is 5.41 Å². The van der Waals surface area contributed by atoms with Gasteiger partial charge in [0.15, 0.2) is 5.71 Å². The summed E-state index contributed by atoms with van der Waals surface area (Å²) >= 11 is 0. The highest BCUT2D eigenvalue weighted by Gasteiger charge is 2.46. The van der Waals surface area contributed by atoms with Gasteiger partial charge in [0.2, 0.25) is 5.69 Å². The second-order valence-electron chi connectivity index (χ2n) is 7.64. The van der Waals surface area contributed by atoms with Gasteiger partial charge in [-0.3, -0.25) is 10.1 Å². The van der Waals surface area contributed by atoms with Crippen LogP contribution in [0.4, 0.5) is 11.4 Å². The number of benzene rings is 3. The lowest BCUT2D eigenvalue weighted by molar-refractivity contribution is -0.401. The fourth-order valence-corrected chi connectivity index (χ4v) is 4.46. The normalized spacial score (nSPS) is 18.4. The molecular formula is C25H23N2O2+. The minimum atomic E-state index is -0.365. The molecule has 4 heteroatoms. The second kappa shape index (κ2) is 7.13. The van der Waals surface area contributed by atoms with Crippen molar-refractivity contribution in [1.29, 1.82) is 0 Å². The highest BCUT2D eigenvalue weighted by molar-refractivity contribution is 6.09. The molecule has 1 unspecified atom stereocenters. The maximum atomic E-state index is 11.1. The molecule has 3 aromatic carbocycles. The SMILES string of the molecule is C=CCC1(C)C(C=Cc2cccc([N+](=O)[O-])c2)=[N+](C)c2ccc3ccccc3c21. The summed E-state index contributed by atoms with van der Waals surface area (Å²) in [5.74, 6) is 0. The highest BCUT2D eigenvalue weighted by atomic mass is 16.6. The molecule has 0 amide bonds. The van der Waals surface area contributed by atoms with Crippen molar-refractivity contribution < 1.29 is 9.50 Å². The number of non-ortho nitro benzene ring substituents is 1. The number of fused-ring (bicyclic) bond motifs is 3. The van der Waals surface area contributed by atoms with Crippen molar-refractivity contribution in [3.63, 3.8) is 0 Å². The molecule has 0 saturated heterocycles. The van der Waals surface area contributed by atoms with Gasteiger partial charge in [0.05, 0.1) is 10.3 Å². The van der Waals surface area contributed by atoms with Crippen molar-refractivity contribution in [2.45, 2.75) is 18.8 Å². The van der Waals surface area contributed by atoms with Crippen LogP contribution in [0.3, 0.4) is 0 Å². The summed E-state index contributed by atoms with van der Waals surface area (Å²) in [6.45, 7) is 6.25. The lowest BCUT2D eigenvalue weighted by Crippen LogP contribution is -2.30. The Morgan fingerprint density at radius 2 is 1.90 bits per heavy atom. The zero-order chi connectivity index (χ0) is 20.6. The Labute approximate surface area is 170 Å². The van der Waals surface area contributed by atoms with Gasteiger partial charge >= 0.3 is 0 Å². The summed E-state index contributed by atoms with van der Waals surface area (Å²) in [4.78, 5) is 10.7. The van der Waals surface area contributed by atoms with E-state index in [1.165, 1.54) is 28.1 Å². The molecule has 144 valence electrons. The van der Waals surface area contributed by atoms with Crippen LogP contribution in [0.2, 0.25) is 0 Å². The third-order valence-electron chi connectivity index (χ3n) is 5.81. The molecule has 0 spiro atoms. The lowest BCUT2D eigenvalue weighted by atomic mass is 9.74. The number of nitrogens with zero attached hydrogens (tertiary/aromatic N) is 2. The van der Waals surface area contributed by atoms with Crippen molar-refractivity contribution in [3.8, 4) is 0 Å². The topological polar surface area (TPSA) is 46.1 Å². The minimum Gasteiger partial charge on any atom is -0.258 e. The predicted octanol–water partition coefficient (Wildman–Crippen LogP) is 6.02. The molecule has 0 fully saturated rings. The van der Waals surface area contributed by atoms with Crippen molar-refractivity contribution in [1.82, 2.24) is 0 Å². The number of rotatable bonds is 5. The molecule has 1 heterocycles. The van der Waals surface area contributed by atoms with Crippen LogP contribution < -0.4 is 0 Å². The molecule has 0 aromatic heterocycles. The minimum absolute atomic E-state index is 0.0973. The van der Waals surface area contributed by atoms with E-state index in [1.54, 1.807) is 12.1 Å². The third-order valence-corrected chi connectivity index (χ3v) is 5.81. The van der Waals surface area contributed by atoms with E-state index in [9.17, 15) is 10.1 Å². The number of allylic oxidation sites excluding steroid dienone is 2. The third kappa shape index (κ3) is 3.07. The first kappa shape index (κ1) is 18.8. The van der Waals surface area contributed by atoms with E-state index < -0.39 is 0 Å². The lowest BCUT2D eigenvalue weighted by Gasteiger charge is -2.22. The van der Waals surface area contributed by atoms with Gasteiger partial charge in [0.1, 0.15) is 7.05 Å². The number of hydrogen-bond acceptors (Lipinski definition) is 2. The number of hydrogen-bond donors (Lipinski definition) is 0. The molecule has 1 aliphatic rings. The summed E-state index contributed by atoms with van der Waals surface area (Å²) in [5, 5.41) is 13.6. The molecule has 29 heavy (non-hydrogen) atoms. The van der Waals surface area contributed by atoms with Crippen molar-refractivity contribution >= 4 is 33.9 Å². The maximum absolute atomic E-state index is 11.1. The van der Waals surface area contributed by atoms with Crippen LogP contribution in [0.25, 0.3) is 16.8 Å². The molecule has 0 saturated carbocycles. The standard InChI is InChI=1S/C25H23N2O2/c1-4-16-25(2)23(15-12-18-8-7-10-20(17-18)27(28)29)26(3)22-14-13-19-9-5-6-11-21(19)24(22)25/h4-15,17H,1,16H2,2-3H3/q+1. The Hall–Kier alpha value is -3.53. The van der Waals surface area contributed by atoms with E-state index in [2.05, 4.69) is 67.6 Å². The summed E-state index contributed by atoms with van der Waals surface area (Å²) in [6, 6.07) is 19.5. The van der Waals surface area contributed by atoms with Crippen LogP contribution in [0.1, 0.15) is 24.5 Å². The van der Waals surface area contributed by atoms with Gasteiger partial charge in [0.25, 0.3) is 5.69 Å². The summed E-state index contributed by atoms with van der Waals surface area (Å²) in [7, 11) is 2.08. The van der Waals surface area contributed by atoms with Gasteiger partial charge in [-0.25, -0.2) is 0 Å². The summed E-state index contributed by atoms with van der Waals surface area (Å²) in [6.07, 6.45) is 6.80. The zero-order valence-electron chi connectivity index (χ0n) is 16.6. The van der Waals surface area contributed by atoms with Gasteiger partial charge in [-0.2, -0.15) is 4.58 Å². The average Bonchev–Trinajstić information content (AvgIpc) is 2.94. The zero-order valence-corrected chi connectivity index (χ0v) is 16.6. The van der Waals surface area contributed by atoms with E-state index in [-0.39, 0.29) is 16.0 Å². The Bertz CT molecular complexity index is 1210. The monoisotopic (exact) mass is 383 g/mol. The molecule has 4 nitrogen and oxygen atoms in total. The van der Waals surface area contributed by atoms with Crippen LogP contribution in [-0.4, -0.2) is 22.3 Å². The van der Waals surface area contributed by atoms with Gasteiger partial charge in [-0.1, -0.05) is 42.5 Å². The molecule has 0 aliphatic carbocycles.